The van der Waals surface area contributed by atoms with Crippen LogP contribution in [-0.4, -0.2) is 61.0 Å². The van der Waals surface area contributed by atoms with E-state index in [0.29, 0.717) is 12.1 Å². The number of rotatable bonds is 3. The van der Waals surface area contributed by atoms with E-state index in [1.54, 1.807) is 0 Å². The molecule has 94 valence electrons. The highest BCUT2D eigenvalue weighted by molar-refractivity contribution is 4.82. The zero-order valence-corrected chi connectivity index (χ0v) is 10.2. The number of aliphatic hydroxyl groups excluding tert-OH is 1. The molecule has 0 aromatic carbocycles. The van der Waals surface area contributed by atoms with Crippen LogP contribution in [-0.2, 0) is 4.74 Å². The summed E-state index contributed by atoms with van der Waals surface area (Å²) in [5, 5.41) is 12.7. The zero-order chi connectivity index (χ0) is 11.4. The van der Waals surface area contributed by atoms with Gasteiger partial charge in [-0.05, 0) is 26.3 Å². The molecule has 2 fully saturated rings. The minimum Gasteiger partial charge on any atom is -0.394 e. The van der Waals surface area contributed by atoms with Gasteiger partial charge in [-0.2, -0.15) is 0 Å². The molecule has 4 heteroatoms. The fourth-order valence-corrected chi connectivity index (χ4v) is 2.60. The average molecular weight is 228 g/mol. The van der Waals surface area contributed by atoms with Crippen molar-refractivity contribution >= 4 is 0 Å². The molecule has 2 heterocycles. The summed E-state index contributed by atoms with van der Waals surface area (Å²) in [4.78, 5) is 2.45. The number of hydrogen-bond donors (Lipinski definition) is 2. The lowest BCUT2D eigenvalue weighted by molar-refractivity contribution is -0.0802. The molecule has 0 saturated carbocycles. The van der Waals surface area contributed by atoms with Crippen LogP contribution in [0.25, 0.3) is 0 Å². The number of hydrogen-bond acceptors (Lipinski definition) is 4. The van der Waals surface area contributed by atoms with Crippen LogP contribution in [0.3, 0.4) is 0 Å². The molecule has 3 atom stereocenters. The second kappa shape index (κ2) is 5.96. The maximum absolute atomic E-state index is 9.13. The van der Waals surface area contributed by atoms with E-state index in [9.17, 15) is 0 Å². The van der Waals surface area contributed by atoms with Crippen LogP contribution in [0.1, 0.15) is 26.2 Å². The minimum absolute atomic E-state index is 0.0137. The Morgan fingerprint density at radius 3 is 3.00 bits per heavy atom. The minimum atomic E-state index is 0.0137. The van der Waals surface area contributed by atoms with Crippen LogP contribution in [0, 0.1) is 0 Å². The van der Waals surface area contributed by atoms with Crippen molar-refractivity contribution in [1.29, 1.82) is 0 Å². The van der Waals surface area contributed by atoms with Gasteiger partial charge in [-0.15, -0.1) is 0 Å². The van der Waals surface area contributed by atoms with Gasteiger partial charge in [0.1, 0.15) is 0 Å². The summed E-state index contributed by atoms with van der Waals surface area (Å²) in [5.74, 6) is 0. The van der Waals surface area contributed by atoms with Crippen molar-refractivity contribution in [2.45, 2.75) is 44.4 Å². The highest BCUT2D eigenvalue weighted by atomic mass is 16.5. The van der Waals surface area contributed by atoms with E-state index in [1.165, 1.54) is 19.3 Å². The van der Waals surface area contributed by atoms with Gasteiger partial charge < -0.3 is 15.2 Å². The van der Waals surface area contributed by atoms with Crippen molar-refractivity contribution in [3.05, 3.63) is 0 Å². The van der Waals surface area contributed by atoms with Crippen molar-refractivity contribution in [2.24, 2.45) is 0 Å². The zero-order valence-electron chi connectivity index (χ0n) is 10.2. The largest absolute Gasteiger partial charge is 0.394 e. The van der Waals surface area contributed by atoms with E-state index in [-0.39, 0.29) is 12.7 Å². The van der Waals surface area contributed by atoms with E-state index in [2.05, 4.69) is 17.1 Å². The van der Waals surface area contributed by atoms with Crippen LogP contribution >= 0.6 is 0 Å². The summed E-state index contributed by atoms with van der Waals surface area (Å²) >= 11 is 0. The predicted octanol–water partition coefficient (Wildman–Crippen LogP) is 0.210. The number of nitrogens with one attached hydrogen (secondary N) is 1. The van der Waals surface area contributed by atoms with Crippen molar-refractivity contribution in [3.8, 4) is 0 Å². The standard InChI is InChI=1S/C12H24N2O2/c1-10-9-16-12(8-15)7-14(10)6-11-4-2-3-5-13-11/h10-13,15H,2-9H2,1H3. The first-order valence-corrected chi connectivity index (χ1v) is 6.49. The molecule has 0 aromatic rings. The van der Waals surface area contributed by atoms with Crippen molar-refractivity contribution in [1.82, 2.24) is 10.2 Å². The molecule has 0 radical (unpaired) electrons. The number of ether oxygens (including phenoxy) is 1. The summed E-state index contributed by atoms with van der Waals surface area (Å²) in [6.07, 6.45) is 3.96. The number of aliphatic hydroxyl groups is 1. The van der Waals surface area contributed by atoms with E-state index >= 15 is 0 Å². The summed E-state index contributed by atoms with van der Waals surface area (Å²) < 4.78 is 5.55. The van der Waals surface area contributed by atoms with Crippen molar-refractivity contribution in [3.63, 3.8) is 0 Å². The molecule has 0 spiro atoms. The van der Waals surface area contributed by atoms with E-state index in [0.717, 1.165) is 26.2 Å². The first kappa shape index (κ1) is 12.3. The van der Waals surface area contributed by atoms with E-state index in [1.807, 2.05) is 0 Å². The van der Waals surface area contributed by atoms with Gasteiger partial charge in [0.15, 0.2) is 0 Å². The fraction of sp³-hybridized carbons (Fsp3) is 1.00. The summed E-state index contributed by atoms with van der Waals surface area (Å²) in [5.41, 5.74) is 0. The van der Waals surface area contributed by atoms with Crippen LogP contribution in [0.4, 0.5) is 0 Å². The highest BCUT2D eigenvalue weighted by Crippen LogP contribution is 2.15. The Bertz CT molecular complexity index is 207. The summed E-state index contributed by atoms with van der Waals surface area (Å²) in [6.45, 7) is 6.22. The molecule has 2 N–H and O–H groups in total. The molecule has 3 unspecified atom stereocenters. The second-order valence-corrected chi connectivity index (χ2v) is 5.09. The van der Waals surface area contributed by atoms with Crippen LogP contribution < -0.4 is 5.32 Å². The molecule has 0 aromatic heterocycles. The molecule has 0 amide bonds. The van der Waals surface area contributed by atoms with Gasteiger partial charge in [-0.3, -0.25) is 4.90 Å². The average Bonchev–Trinajstić information content (AvgIpc) is 2.33. The molecular weight excluding hydrogens is 204 g/mol. The maximum Gasteiger partial charge on any atom is 0.0933 e. The molecule has 2 aliphatic heterocycles. The Labute approximate surface area is 98.0 Å². The monoisotopic (exact) mass is 228 g/mol. The van der Waals surface area contributed by atoms with Gasteiger partial charge >= 0.3 is 0 Å². The molecule has 0 aliphatic carbocycles. The molecule has 4 nitrogen and oxygen atoms in total. The van der Waals surface area contributed by atoms with Gasteiger partial charge in [0.05, 0.1) is 19.3 Å². The quantitative estimate of drug-likeness (QED) is 0.725. The van der Waals surface area contributed by atoms with Gasteiger partial charge in [-0.25, -0.2) is 0 Å². The third-order valence-electron chi connectivity index (χ3n) is 3.71. The van der Waals surface area contributed by atoms with Crippen molar-refractivity contribution in [2.75, 3.05) is 32.8 Å². The lowest BCUT2D eigenvalue weighted by Crippen LogP contribution is -2.54. The van der Waals surface area contributed by atoms with E-state index in [4.69, 9.17) is 9.84 Å². The van der Waals surface area contributed by atoms with Crippen molar-refractivity contribution < 1.29 is 9.84 Å². The molecule has 2 aliphatic rings. The molecule has 16 heavy (non-hydrogen) atoms. The third kappa shape index (κ3) is 3.17. The Kier molecular flexibility index (Phi) is 4.58. The molecule has 2 rings (SSSR count). The molecular formula is C12H24N2O2. The van der Waals surface area contributed by atoms with Gasteiger partial charge in [0, 0.05) is 25.2 Å². The lowest BCUT2D eigenvalue weighted by atomic mass is 10.0. The Morgan fingerprint density at radius 1 is 1.44 bits per heavy atom. The van der Waals surface area contributed by atoms with Crippen LogP contribution in [0.5, 0.6) is 0 Å². The number of morpholine rings is 1. The Hall–Kier alpha value is -0.160. The fourth-order valence-electron chi connectivity index (χ4n) is 2.60. The van der Waals surface area contributed by atoms with Crippen LogP contribution in [0.2, 0.25) is 0 Å². The summed E-state index contributed by atoms with van der Waals surface area (Å²) in [7, 11) is 0. The molecule has 2 saturated heterocycles. The third-order valence-corrected chi connectivity index (χ3v) is 3.71. The smallest absolute Gasteiger partial charge is 0.0933 e. The van der Waals surface area contributed by atoms with Gasteiger partial charge in [-0.1, -0.05) is 6.42 Å². The Morgan fingerprint density at radius 2 is 2.31 bits per heavy atom. The first-order valence-electron chi connectivity index (χ1n) is 6.49. The summed E-state index contributed by atoms with van der Waals surface area (Å²) in [6, 6.07) is 1.11. The second-order valence-electron chi connectivity index (χ2n) is 5.09. The SMILES string of the molecule is CC1COC(CO)CN1CC1CCCCN1. The normalized spacial score (nSPS) is 37.5. The first-order chi connectivity index (χ1) is 7.79. The van der Waals surface area contributed by atoms with Gasteiger partial charge in [0.25, 0.3) is 0 Å². The lowest BCUT2D eigenvalue weighted by Gasteiger charge is -2.40. The van der Waals surface area contributed by atoms with E-state index < -0.39 is 0 Å². The molecule has 0 bridgehead atoms. The Balaban J connectivity index is 1.81. The predicted molar refractivity (Wildman–Crippen MR) is 63.5 cm³/mol. The maximum atomic E-state index is 9.13. The number of piperidine rings is 1. The van der Waals surface area contributed by atoms with Gasteiger partial charge in [0.2, 0.25) is 0 Å². The topological polar surface area (TPSA) is 44.7 Å². The number of nitrogens with zero attached hydrogens (tertiary/aromatic N) is 1. The highest BCUT2D eigenvalue weighted by Gasteiger charge is 2.27. The van der Waals surface area contributed by atoms with Crippen LogP contribution in [0.15, 0.2) is 0 Å².